The van der Waals surface area contributed by atoms with E-state index in [1.54, 1.807) is 6.08 Å². The predicted octanol–water partition coefficient (Wildman–Crippen LogP) is 7.18. The maximum atomic E-state index is 13.6. The molecule has 4 aromatic rings. The number of rotatable bonds is 12. The number of carbonyl (C=O) groups excluding carboxylic acids is 2. The molecule has 0 amide bonds. The zero-order valence-corrected chi connectivity index (χ0v) is 25.2. The fourth-order valence-electron chi connectivity index (χ4n) is 5.77. The van der Waals surface area contributed by atoms with Crippen molar-refractivity contribution in [1.82, 2.24) is 0 Å². The lowest BCUT2D eigenvalue weighted by Crippen LogP contribution is -2.42. The van der Waals surface area contributed by atoms with Gasteiger partial charge in [0.05, 0.1) is 12.0 Å². The minimum Gasteiger partial charge on any atom is -0.461 e. The molecule has 5 rings (SSSR count). The normalized spacial score (nSPS) is 17.9. The van der Waals surface area contributed by atoms with Crippen LogP contribution in [0, 0.1) is 12.3 Å². The Bertz CT molecular complexity index is 1590. The third-order valence-corrected chi connectivity index (χ3v) is 8.73. The maximum Gasteiger partial charge on any atom is 0.334 e. The van der Waals surface area contributed by atoms with Crippen LogP contribution in [0.5, 0.6) is 0 Å². The standard InChI is InChI=1S/C37H40O6/c1-4-36(5-2,35(40)41-25-37(24-38)22-31(34(39)43-37)20-28-9-7-6-8-10-28)23-32-21-30-19-29(17-18-33(30)42-32)16-15-27-13-11-26(3)12-14-27/h6-14,17-21,38H,4-5,15-16,22-25H2,1-3H3/b31-20+/t37-/m1/s1. The topological polar surface area (TPSA) is 86.0 Å². The van der Waals surface area contributed by atoms with Gasteiger partial charge in [-0.3, -0.25) is 4.79 Å². The molecule has 0 aliphatic carbocycles. The summed E-state index contributed by atoms with van der Waals surface area (Å²) in [5.41, 5.74) is 3.78. The molecule has 1 aliphatic rings. The van der Waals surface area contributed by atoms with Crippen molar-refractivity contribution >= 4 is 29.0 Å². The lowest BCUT2D eigenvalue weighted by Gasteiger charge is -2.31. The summed E-state index contributed by atoms with van der Waals surface area (Å²) in [4.78, 5) is 26.2. The highest BCUT2D eigenvalue weighted by Crippen LogP contribution is 2.37. The van der Waals surface area contributed by atoms with Gasteiger partial charge >= 0.3 is 11.9 Å². The van der Waals surface area contributed by atoms with Crippen molar-refractivity contribution in [3.8, 4) is 0 Å². The molecule has 2 heterocycles. The van der Waals surface area contributed by atoms with Crippen molar-refractivity contribution in [3.05, 3.63) is 112 Å². The third-order valence-electron chi connectivity index (χ3n) is 8.73. The Morgan fingerprint density at radius 1 is 0.977 bits per heavy atom. The van der Waals surface area contributed by atoms with Crippen LogP contribution in [0.4, 0.5) is 0 Å². The molecule has 224 valence electrons. The first-order chi connectivity index (χ1) is 20.8. The van der Waals surface area contributed by atoms with Gasteiger partial charge in [-0.1, -0.05) is 80.1 Å². The number of hydrogen-bond acceptors (Lipinski definition) is 6. The molecule has 43 heavy (non-hydrogen) atoms. The second kappa shape index (κ2) is 13.0. The molecule has 3 aromatic carbocycles. The monoisotopic (exact) mass is 580 g/mol. The average molecular weight is 581 g/mol. The number of hydrogen-bond donors (Lipinski definition) is 1. The minimum atomic E-state index is -1.30. The number of cyclic esters (lactones) is 1. The van der Waals surface area contributed by atoms with E-state index in [1.165, 1.54) is 16.7 Å². The third kappa shape index (κ3) is 6.91. The molecule has 1 fully saturated rings. The van der Waals surface area contributed by atoms with E-state index in [1.807, 2.05) is 56.3 Å². The summed E-state index contributed by atoms with van der Waals surface area (Å²) in [6.07, 6.45) is 5.28. The zero-order chi connectivity index (χ0) is 30.5. The fraction of sp³-hybridized carbons (Fsp3) is 0.351. The van der Waals surface area contributed by atoms with Crippen molar-refractivity contribution < 1.29 is 28.6 Å². The molecule has 1 aromatic heterocycles. The van der Waals surface area contributed by atoms with Gasteiger partial charge in [0.1, 0.15) is 18.0 Å². The van der Waals surface area contributed by atoms with E-state index in [0.717, 1.165) is 35.1 Å². The Balaban J connectivity index is 1.26. The van der Waals surface area contributed by atoms with E-state index < -0.39 is 23.6 Å². The molecular formula is C37H40O6. The molecule has 0 saturated carbocycles. The van der Waals surface area contributed by atoms with E-state index in [4.69, 9.17) is 13.9 Å². The van der Waals surface area contributed by atoms with Crippen LogP contribution in [0.2, 0.25) is 0 Å². The van der Waals surface area contributed by atoms with E-state index >= 15 is 0 Å². The first kappa shape index (κ1) is 30.3. The van der Waals surface area contributed by atoms with Crippen LogP contribution in [-0.2, 0) is 38.3 Å². The second-order valence-electron chi connectivity index (χ2n) is 11.8. The Morgan fingerprint density at radius 2 is 1.67 bits per heavy atom. The van der Waals surface area contributed by atoms with Gasteiger partial charge in [-0.05, 0) is 73.6 Å². The molecule has 1 atom stereocenters. The number of aliphatic hydroxyl groups excluding tert-OH is 1. The van der Waals surface area contributed by atoms with Crippen molar-refractivity contribution in [3.63, 3.8) is 0 Å². The van der Waals surface area contributed by atoms with Gasteiger partial charge in [-0.25, -0.2) is 4.79 Å². The summed E-state index contributed by atoms with van der Waals surface area (Å²) in [5, 5.41) is 11.2. The summed E-state index contributed by atoms with van der Waals surface area (Å²) in [5.74, 6) is -0.170. The molecular weight excluding hydrogens is 540 g/mol. The van der Waals surface area contributed by atoms with Crippen LogP contribution >= 0.6 is 0 Å². The van der Waals surface area contributed by atoms with Crippen LogP contribution in [0.15, 0.2) is 88.9 Å². The molecule has 6 heteroatoms. The summed E-state index contributed by atoms with van der Waals surface area (Å²) in [6.45, 7) is 5.37. The van der Waals surface area contributed by atoms with Crippen LogP contribution in [0.25, 0.3) is 17.0 Å². The molecule has 1 saturated heterocycles. The molecule has 6 nitrogen and oxygen atoms in total. The number of esters is 2. The van der Waals surface area contributed by atoms with E-state index in [9.17, 15) is 14.7 Å². The zero-order valence-electron chi connectivity index (χ0n) is 25.2. The molecule has 0 unspecified atom stereocenters. The number of fused-ring (bicyclic) bond motifs is 1. The Kier molecular flexibility index (Phi) is 9.16. The highest BCUT2D eigenvalue weighted by molar-refractivity contribution is 5.96. The lowest BCUT2D eigenvalue weighted by molar-refractivity contribution is -0.173. The smallest absolute Gasteiger partial charge is 0.334 e. The average Bonchev–Trinajstić information content (AvgIpc) is 3.58. The Hall–Kier alpha value is -4.16. The summed E-state index contributed by atoms with van der Waals surface area (Å²) in [6, 6.07) is 26.4. The summed E-state index contributed by atoms with van der Waals surface area (Å²) in [7, 11) is 0. The van der Waals surface area contributed by atoms with Gasteiger partial charge in [0.2, 0.25) is 0 Å². The van der Waals surface area contributed by atoms with Gasteiger partial charge in [0.15, 0.2) is 5.60 Å². The number of aryl methyl sites for hydroxylation is 3. The van der Waals surface area contributed by atoms with Gasteiger partial charge in [0.25, 0.3) is 0 Å². The van der Waals surface area contributed by atoms with Crippen LogP contribution in [-0.4, -0.2) is 35.9 Å². The first-order valence-electron chi connectivity index (χ1n) is 15.1. The maximum absolute atomic E-state index is 13.6. The van der Waals surface area contributed by atoms with E-state index in [2.05, 4.69) is 43.3 Å². The fourth-order valence-corrected chi connectivity index (χ4v) is 5.77. The van der Waals surface area contributed by atoms with Crippen molar-refractivity contribution in [2.45, 2.75) is 64.9 Å². The predicted molar refractivity (Wildman–Crippen MR) is 167 cm³/mol. The second-order valence-corrected chi connectivity index (χ2v) is 11.8. The largest absolute Gasteiger partial charge is 0.461 e. The Morgan fingerprint density at radius 3 is 2.37 bits per heavy atom. The SMILES string of the molecule is CCC(CC)(Cc1cc2cc(CCc3ccc(C)cc3)ccc2o1)C(=O)OC[C@]1(CO)C/C(=C\c2ccccc2)C(=O)O1. The minimum absolute atomic E-state index is 0.158. The number of carbonyl (C=O) groups is 2. The van der Waals surface area contributed by atoms with Crippen LogP contribution < -0.4 is 0 Å². The van der Waals surface area contributed by atoms with Crippen LogP contribution in [0.3, 0.4) is 0 Å². The first-order valence-corrected chi connectivity index (χ1v) is 15.1. The highest BCUT2D eigenvalue weighted by atomic mass is 16.6. The molecule has 1 N–H and O–H groups in total. The van der Waals surface area contributed by atoms with E-state index in [0.29, 0.717) is 24.8 Å². The lowest BCUT2D eigenvalue weighted by atomic mass is 9.78. The summed E-state index contributed by atoms with van der Waals surface area (Å²) >= 11 is 0. The summed E-state index contributed by atoms with van der Waals surface area (Å²) < 4.78 is 17.6. The quantitative estimate of drug-likeness (QED) is 0.141. The highest BCUT2D eigenvalue weighted by Gasteiger charge is 2.46. The van der Waals surface area contributed by atoms with Crippen LogP contribution in [0.1, 0.15) is 61.1 Å². The van der Waals surface area contributed by atoms with Gasteiger partial charge in [-0.15, -0.1) is 0 Å². The molecule has 0 bridgehead atoms. The van der Waals surface area contributed by atoms with E-state index in [-0.39, 0.29) is 19.0 Å². The molecule has 0 radical (unpaired) electrons. The number of ether oxygens (including phenoxy) is 2. The molecule has 1 aliphatic heterocycles. The van der Waals surface area contributed by atoms with Gasteiger partial charge in [0, 0.05) is 23.8 Å². The van der Waals surface area contributed by atoms with Crippen molar-refractivity contribution in [2.24, 2.45) is 5.41 Å². The number of aliphatic hydroxyl groups is 1. The Labute approximate surface area is 253 Å². The number of furan rings is 1. The van der Waals surface area contributed by atoms with Gasteiger partial charge < -0.3 is 19.0 Å². The van der Waals surface area contributed by atoms with Crippen molar-refractivity contribution in [1.29, 1.82) is 0 Å². The van der Waals surface area contributed by atoms with Gasteiger partial charge in [-0.2, -0.15) is 0 Å². The number of benzene rings is 3. The van der Waals surface area contributed by atoms with Crippen molar-refractivity contribution in [2.75, 3.05) is 13.2 Å². The molecule has 0 spiro atoms.